The van der Waals surface area contributed by atoms with Gasteiger partial charge in [0.2, 0.25) is 15.9 Å². The van der Waals surface area contributed by atoms with Crippen LogP contribution in [0.15, 0.2) is 41.3 Å². The lowest BCUT2D eigenvalue weighted by atomic mass is 10.1. The first-order valence-corrected chi connectivity index (χ1v) is 12.9. The molecule has 10 heteroatoms. The smallest absolute Gasteiger partial charge is 0.238 e. The number of rotatable bonds is 6. The number of carbonyl (C=O) groups is 1. The molecule has 8 nitrogen and oxygen atoms in total. The normalized spacial score (nSPS) is 16.6. The van der Waals surface area contributed by atoms with Crippen molar-refractivity contribution in [1.29, 1.82) is 5.26 Å². The molecule has 4 rings (SSSR count). The molecule has 0 spiro atoms. The average Bonchev–Trinajstić information content (AvgIpc) is 3.36. The van der Waals surface area contributed by atoms with Gasteiger partial charge in [-0.2, -0.15) is 5.26 Å². The zero-order valence-electron chi connectivity index (χ0n) is 18.9. The molecule has 0 radical (unpaired) electrons. The highest BCUT2D eigenvalue weighted by Crippen LogP contribution is 2.28. The summed E-state index contributed by atoms with van der Waals surface area (Å²) in [4.78, 5) is 19.0. The molecule has 2 heterocycles. The first-order valence-electron chi connectivity index (χ1n) is 11.4. The largest absolute Gasteiger partial charge is 0.371 e. The number of nitrogens with two attached hydrogens (primary N) is 1. The Bertz CT molecular complexity index is 1210. The van der Waals surface area contributed by atoms with E-state index in [2.05, 4.69) is 4.90 Å². The van der Waals surface area contributed by atoms with Crippen LogP contribution in [0.25, 0.3) is 0 Å². The molecule has 2 aliphatic rings. The van der Waals surface area contributed by atoms with E-state index >= 15 is 0 Å². The molecule has 0 aromatic heterocycles. The lowest BCUT2D eigenvalue weighted by Crippen LogP contribution is -2.48. The van der Waals surface area contributed by atoms with Crippen molar-refractivity contribution in [3.63, 3.8) is 0 Å². The molecule has 1 amide bonds. The van der Waals surface area contributed by atoms with Gasteiger partial charge in [-0.05, 0) is 61.2 Å². The van der Waals surface area contributed by atoms with E-state index in [1.807, 2.05) is 11.0 Å². The molecular weight excluding hydrogens is 457 g/mol. The van der Waals surface area contributed by atoms with Crippen molar-refractivity contribution in [2.45, 2.75) is 30.6 Å². The Hall–Kier alpha value is -3.16. The van der Waals surface area contributed by atoms with E-state index in [0.29, 0.717) is 38.3 Å². The molecule has 0 aliphatic carbocycles. The van der Waals surface area contributed by atoms with E-state index in [4.69, 9.17) is 10.4 Å². The van der Waals surface area contributed by atoms with Crippen LogP contribution in [0.4, 0.5) is 15.8 Å². The van der Waals surface area contributed by atoms with Crippen LogP contribution in [0.5, 0.6) is 0 Å². The summed E-state index contributed by atoms with van der Waals surface area (Å²) in [5.74, 6) is -0.548. The van der Waals surface area contributed by atoms with Crippen molar-refractivity contribution in [3.05, 3.63) is 53.3 Å². The molecule has 2 aliphatic heterocycles. The van der Waals surface area contributed by atoms with Crippen molar-refractivity contribution in [1.82, 2.24) is 4.90 Å². The first kappa shape index (κ1) is 24.0. The quantitative estimate of drug-likeness (QED) is 0.672. The molecule has 2 N–H and O–H groups in total. The number of primary sulfonamides is 1. The van der Waals surface area contributed by atoms with Gasteiger partial charge in [0.1, 0.15) is 11.9 Å². The molecule has 2 aromatic carbocycles. The van der Waals surface area contributed by atoms with Gasteiger partial charge >= 0.3 is 0 Å². The second-order valence-corrected chi connectivity index (χ2v) is 10.2. The van der Waals surface area contributed by atoms with Gasteiger partial charge in [0.05, 0.1) is 10.5 Å². The minimum absolute atomic E-state index is 0.000889. The SMILES string of the molecule is N#Cc1ccc(N2CCN(C(=O)CCc3cc(S(N)(=O)=O)ccc3N3CCCC3)CC2)cc1F. The molecule has 0 unspecified atom stereocenters. The Morgan fingerprint density at radius 3 is 2.32 bits per heavy atom. The summed E-state index contributed by atoms with van der Waals surface area (Å²) in [6, 6.07) is 11.3. The van der Waals surface area contributed by atoms with Crippen LogP contribution in [0, 0.1) is 17.1 Å². The number of piperazine rings is 1. The number of benzene rings is 2. The van der Waals surface area contributed by atoms with Gasteiger partial charge in [-0.1, -0.05) is 0 Å². The third kappa shape index (κ3) is 5.32. The number of aryl methyl sites for hydroxylation is 1. The first-order chi connectivity index (χ1) is 16.3. The Balaban J connectivity index is 1.39. The van der Waals surface area contributed by atoms with Crippen LogP contribution in [0.2, 0.25) is 0 Å². The summed E-state index contributed by atoms with van der Waals surface area (Å²) in [5.41, 5.74) is 2.48. The molecule has 180 valence electrons. The fourth-order valence-corrected chi connectivity index (χ4v) is 5.18. The number of hydrogen-bond acceptors (Lipinski definition) is 6. The standard InChI is InChI=1S/C24H28FN5O3S/c25-22-16-20(5-3-19(22)17-26)28-11-13-30(14-12-28)24(31)8-4-18-15-21(34(27,32)33)6-7-23(18)29-9-1-2-10-29/h3,5-7,15-16H,1-2,4,8-14H2,(H2,27,32,33). The van der Waals surface area contributed by atoms with Gasteiger partial charge in [0.25, 0.3) is 0 Å². The van der Waals surface area contributed by atoms with Crippen molar-refractivity contribution < 1.29 is 17.6 Å². The monoisotopic (exact) mass is 485 g/mol. The number of amides is 1. The van der Waals surface area contributed by atoms with Gasteiger partial charge in [-0.3, -0.25) is 4.79 Å². The van der Waals surface area contributed by atoms with Crippen molar-refractivity contribution in [3.8, 4) is 6.07 Å². The van der Waals surface area contributed by atoms with E-state index in [0.717, 1.165) is 37.2 Å². The van der Waals surface area contributed by atoms with Gasteiger partial charge in [-0.15, -0.1) is 0 Å². The molecule has 2 saturated heterocycles. The van der Waals surface area contributed by atoms with Crippen LogP contribution >= 0.6 is 0 Å². The molecule has 0 bridgehead atoms. The third-order valence-electron chi connectivity index (χ3n) is 6.51. The maximum atomic E-state index is 14.0. The number of nitrogens with zero attached hydrogens (tertiary/aromatic N) is 4. The number of carbonyl (C=O) groups excluding carboxylic acids is 1. The van der Waals surface area contributed by atoms with Gasteiger partial charge in [0.15, 0.2) is 0 Å². The fraction of sp³-hybridized carbons (Fsp3) is 0.417. The summed E-state index contributed by atoms with van der Waals surface area (Å²) in [6.45, 7) is 3.97. The van der Waals surface area contributed by atoms with Crippen LogP contribution in [-0.4, -0.2) is 58.5 Å². The van der Waals surface area contributed by atoms with E-state index < -0.39 is 15.8 Å². The van der Waals surface area contributed by atoms with Crippen LogP contribution < -0.4 is 14.9 Å². The Morgan fingerprint density at radius 1 is 1.00 bits per heavy atom. The summed E-state index contributed by atoms with van der Waals surface area (Å²) >= 11 is 0. The van der Waals surface area contributed by atoms with Crippen LogP contribution in [0.3, 0.4) is 0 Å². The van der Waals surface area contributed by atoms with Crippen molar-refractivity contribution in [2.24, 2.45) is 5.14 Å². The van der Waals surface area contributed by atoms with Gasteiger partial charge < -0.3 is 14.7 Å². The van der Waals surface area contributed by atoms with E-state index in [1.165, 1.54) is 18.2 Å². The number of nitriles is 1. The lowest BCUT2D eigenvalue weighted by molar-refractivity contribution is -0.131. The minimum atomic E-state index is -3.83. The van der Waals surface area contributed by atoms with Gasteiger partial charge in [0, 0.05) is 57.1 Å². The highest BCUT2D eigenvalue weighted by atomic mass is 32.2. The lowest BCUT2D eigenvalue weighted by Gasteiger charge is -2.36. The number of anilines is 2. The third-order valence-corrected chi connectivity index (χ3v) is 7.42. The van der Waals surface area contributed by atoms with Crippen molar-refractivity contribution in [2.75, 3.05) is 49.1 Å². The second-order valence-electron chi connectivity index (χ2n) is 8.67. The highest BCUT2D eigenvalue weighted by molar-refractivity contribution is 7.89. The Morgan fingerprint density at radius 2 is 1.71 bits per heavy atom. The van der Waals surface area contributed by atoms with E-state index in [9.17, 15) is 17.6 Å². The number of sulfonamides is 1. The number of halogens is 1. The average molecular weight is 486 g/mol. The predicted octanol–water partition coefficient (Wildman–Crippen LogP) is 2.23. The molecule has 2 fully saturated rings. The van der Waals surface area contributed by atoms with Crippen LogP contribution in [0.1, 0.15) is 30.4 Å². The maximum Gasteiger partial charge on any atom is 0.238 e. The zero-order valence-corrected chi connectivity index (χ0v) is 19.7. The summed E-state index contributed by atoms with van der Waals surface area (Å²) in [6.07, 6.45) is 2.86. The van der Waals surface area contributed by atoms with Crippen molar-refractivity contribution >= 4 is 27.3 Å². The number of hydrogen-bond donors (Lipinski definition) is 1. The summed E-state index contributed by atoms with van der Waals surface area (Å²) in [7, 11) is -3.83. The molecule has 0 saturated carbocycles. The molecule has 34 heavy (non-hydrogen) atoms. The minimum Gasteiger partial charge on any atom is -0.371 e. The van der Waals surface area contributed by atoms with Crippen LogP contribution in [-0.2, 0) is 21.2 Å². The summed E-state index contributed by atoms with van der Waals surface area (Å²) in [5, 5.41) is 14.2. The fourth-order valence-electron chi connectivity index (χ4n) is 4.61. The van der Waals surface area contributed by atoms with Gasteiger partial charge in [-0.25, -0.2) is 17.9 Å². The molecule has 2 aromatic rings. The second kappa shape index (κ2) is 9.99. The topological polar surface area (TPSA) is 111 Å². The summed E-state index contributed by atoms with van der Waals surface area (Å²) < 4.78 is 37.7. The Kier molecular flexibility index (Phi) is 7.05. The van der Waals surface area contributed by atoms with E-state index in [-0.39, 0.29) is 22.8 Å². The predicted molar refractivity (Wildman–Crippen MR) is 127 cm³/mol. The highest BCUT2D eigenvalue weighted by Gasteiger charge is 2.23. The Labute approximate surface area is 199 Å². The zero-order chi connectivity index (χ0) is 24.3. The molecule has 0 atom stereocenters. The van der Waals surface area contributed by atoms with E-state index in [1.54, 1.807) is 23.1 Å². The molecular formula is C24H28FN5O3S. The maximum absolute atomic E-state index is 14.0.